The summed E-state index contributed by atoms with van der Waals surface area (Å²) in [7, 11) is 0. The maximum absolute atomic E-state index is 10.9. The maximum atomic E-state index is 10.9. The molecule has 5 heteroatoms. The highest BCUT2D eigenvalue weighted by atomic mass is 79.9. The van der Waals surface area contributed by atoms with Crippen LogP contribution < -0.4 is 0 Å². The third kappa shape index (κ3) is 1.21. The van der Waals surface area contributed by atoms with Gasteiger partial charge in [-0.2, -0.15) is 0 Å². The average molecular weight is 255 g/mol. The number of hydrogen-bond acceptors (Lipinski definition) is 2. The molecule has 2 aromatic heterocycles. The van der Waals surface area contributed by atoms with Gasteiger partial charge in [-0.1, -0.05) is 6.07 Å². The molecule has 0 aromatic carbocycles. The molecule has 0 aliphatic carbocycles. The number of aromatic nitrogens is 2. The normalized spacial score (nSPS) is 10.7. The van der Waals surface area contributed by atoms with Gasteiger partial charge in [-0.05, 0) is 35.0 Å². The van der Waals surface area contributed by atoms with Gasteiger partial charge >= 0.3 is 5.97 Å². The number of carbonyl (C=O) groups is 1. The van der Waals surface area contributed by atoms with E-state index in [9.17, 15) is 4.79 Å². The number of pyridine rings is 1. The first-order chi connectivity index (χ1) is 6.61. The molecule has 0 spiro atoms. The standard InChI is InChI=1S/C9H7BrN2O2/c1-5-6-3-2-4-7(10)12(6)8(11-5)9(13)14/h2-4H,1H3,(H,13,14). The highest BCUT2D eigenvalue weighted by Crippen LogP contribution is 2.19. The molecule has 2 rings (SSSR count). The zero-order valence-corrected chi connectivity index (χ0v) is 8.95. The monoisotopic (exact) mass is 254 g/mol. The Balaban J connectivity index is 2.93. The van der Waals surface area contributed by atoms with E-state index >= 15 is 0 Å². The zero-order chi connectivity index (χ0) is 10.3. The van der Waals surface area contributed by atoms with Crippen LogP contribution in [0.2, 0.25) is 0 Å². The molecule has 0 aliphatic heterocycles. The molecule has 2 aromatic rings. The molecule has 14 heavy (non-hydrogen) atoms. The summed E-state index contributed by atoms with van der Waals surface area (Å²) in [6.07, 6.45) is 0. The Morgan fingerprint density at radius 3 is 2.93 bits per heavy atom. The minimum absolute atomic E-state index is 0.0324. The molecule has 0 atom stereocenters. The van der Waals surface area contributed by atoms with Crippen molar-refractivity contribution < 1.29 is 9.90 Å². The number of carboxylic acid groups (broad SMARTS) is 1. The zero-order valence-electron chi connectivity index (χ0n) is 7.36. The van der Waals surface area contributed by atoms with Crippen LogP contribution in [0.4, 0.5) is 0 Å². The van der Waals surface area contributed by atoms with Crippen molar-refractivity contribution in [1.82, 2.24) is 9.38 Å². The van der Waals surface area contributed by atoms with E-state index in [0.717, 1.165) is 5.52 Å². The lowest BCUT2D eigenvalue weighted by Crippen LogP contribution is -2.04. The fourth-order valence-corrected chi connectivity index (χ4v) is 1.90. The average Bonchev–Trinajstić information content (AvgIpc) is 2.46. The summed E-state index contributed by atoms with van der Waals surface area (Å²) in [5, 5.41) is 8.92. The molecular weight excluding hydrogens is 248 g/mol. The second kappa shape index (κ2) is 3.09. The fraction of sp³-hybridized carbons (Fsp3) is 0.111. The van der Waals surface area contributed by atoms with E-state index in [0.29, 0.717) is 10.3 Å². The van der Waals surface area contributed by atoms with Crippen LogP contribution in [0.3, 0.4) is 0 Å². The second-order valence-electron chi connectivity index (χ2n) is 2.90. The van der Waals surface area contributed by atoms with Crippen LogP contribution in [-0.4, -0.2) is 20.5 Å². The van der Waals surface area contributed by atoms with Gasteiger partial charge in [0.25, 0.3) is 0 Å². The minimum atomic E-state index is -1.03. The largest absolute Gasteiger partial charge is 0.475 e. The predicted octanol–water partition coefficient (Wildman–Crippen LogP) is 2.10. The Hall–Kier alpha value is -1.36. The number of halogens is 1. The number of fused-ring (bicyclic) bond motifs is 1. The molecular formula is C9H7BrN2O2. The van der Waals surface area contributed by atoms with Crippen molar-refractivity contribution in [2.24, 2.45) is 0 Å². The van der Waals surface area contributed by atoms with Crippen molar-refractivity contribution in [2.45, 2.75) is 6.92 Å². The SMILES string of the molecule is Cc1nc(C(=O)O)n2c(Br)cccc12. The summed E-state index contributed by atoms with van der Waals surface area (Å²) in [6.45, 7) is 1.79. The van der Waals surface area contributed by atoms with Crippen molar-refractivity contribution in [2.75, 3.05) is 0 Å². The van der Waals surface area contributed by atoms with Crippen molar-refractivity contribution in [1.29, 1.82) is 0 Å². The van der Waals surface area contributed by atoms with Crippen LogP contribution in [0.25, 0.3) is 5.52 Å². The van der Waals surface area contributed by atoms with Gasteiger partial charge in [0, 0.05) is 0 Å². The van der Waals surface area contributed by atoms with Gasteiger partial charge in [0.2, 0.25) is 5.82 Å². The number of aromatic carboxylic acids is 1. The highest BCUT2D eigenvalue weighted by molar-refractivity contribution is 9.10. The Morgan fingerprint density at radius 1 is 1.57 bits per heavy atom. The Morgan fingerprint density at radius 2 is 2.29 bits per heavy atom. The summed E-state index contributed by atoms with van der Waals surface area (Å²) in [5.41, 5.74) is 1.51. The van der Waals surface area contributed by atoms with E-state index in [-0.39, 0.29) is 5.82 Å². The molecule has 0 saturated carbocycles. The third-order valence-corrected chi connectivity index (χ3v) is 2.61. The van der Waals surface area contributed by atoms with Gasteiger partial charge in [0.15, 0.2) is 0 Å². The van der Waals surface area contributed by atoms with E-state index < -0.39 is 5.97 Å². The Labute approximate surface area is 88.3 Å². The van der Waals surface area contributed by atoms with Gasteiger partial charge in [0.1, 0.15) is 0 Å². The number of aryl methyl sites for hydroxylation is 1. The first-order valence-electron chi connectivity index (χ1n) is 3.98. The third-order valence-electron chi connectivity index (χ3n) is 1.99. The quantitative estimate of drug-likeness (QED) is 0.794. The number of imidazole rings is 1. The molecule has 0 fully saturated rings. The van der Waals surface area contributed by atoms with Crippen molar-refractivity contribution >= 4 is 27.4 Å². The Kier molecular flexibility index (Phi) is 2.03. The first kappa shape index (κ1) is 9.21. The van der Waals surface area contributed by atoms with Gasteiger partial charge < -0.3 is 5.11 Å². The molecule has 0 aliphatic rings. The van der Waals surface area contributed by atoms with Crippen molar-refractivity contribution in [3.05, 3.63) is 34.3 Å². The highest BCUT2D eigenvalue weighted by Gasteiger charge is 2.15. The first-order valence-corrected chi connectivity index (χ1v) is 4.77. The van der Waals surface area contributed by atoms with E-state index in [1.807, 2.05) is 12.1 Å². The summed E-state index contributed by atoms with van der Waals surface area (Å²) < 4.78 is 2.26. The minimum Gasteiger partial charge on any atom is -0.475 e. The molecule has 0 bridgehead atoms. The van der Waals surface area contributed by atoms with Crippen molar-refractivity contribution in [3.63, 3.8) is 0 Å². The van der Waals surface area contributed by atoms with Gasteiger partial charge in [-0.3, -0.25) is 4.40 Å². The second-order valence-corrected chi connectivity index (χ2v) is 3.71. The van der Waals surface area contributed by atoms with Gasteiger partial charge in [-0.25, -0.2) is 9.78 Å². The number of rotatable bonds is 1. The number of hydrogen-bond donors (Lipinski definition) is 1. The summed E-state index contributed by atoms with van der Waals surface area (Å²) in [6, 6.07) is 5.46. The van der Waals surface area contributed by atoms with Crippen LogP contribution in [0.15, 0.2) is 22.8 Å². The molecule has 0 radical (unpaired) electrons. The van der Waals surface area contributed by atoms with E-state index in [1.54, 1.807) is 17.4 Å². The molecule has 0 unspecified atom stereocenters. The summed E-state index contributed by atoms with van der Waals surface area (Å²) in [4.78, 5) is 14.9. The fourth-order valence-electron chi connectivity index (χ4n) is 1.39. The van der Waals surface area contributed by atoms with E-state index in [2.05, 4.69) is 20.9 Å². The van der Waals surface area contributed by atoms with Gasteiger partial charge in [0.05, 0.1) is 15.8 Å². The summed E-state index contributed by atoms with van der Waals surface area (Å²) >= 11 is 3.29. The molecule has 4 nitrogen and oxygen atoms in total. The lowest BCUT2D eigenvalue weighted by atomic mass is 10.3. The van der Waals surface area contributed by atoms with Gasteiger partial charge in [-0.15, -0.1) is 0 Å². The lowest BCUT2D eigenvalue weighted by Gasteiger charge is -1.99. The topological polar surface area (TPSA) is 54.6 Å². The van der Waals surface area contributed by atoms with Crippen LogP contribution >= 0.6 is 15.9 Å². The molecule has 0 saturated heterocycles. The number of nitrogens with zero attached hydrogens (tertiary/aromatic N) is 2. The maximum Gasteiger partial charge on any atom is 0.372 e. The molecule has 0 amide bonds. The van der Waals surface area contributed by atoms with Crippen LogP contribution in [0.5, 0.6) is 0 Å². The molecule has 2 heterocycles. The molecule has 1 N–H and O–H groups in total. The summed E-state index contributed by atoms with van der Waals surface area (Å²) in [5.74, 6) is -0.995. The van der Waals surface area contributed by atoms with E-state index in [1.165, 1.54) is 0 Å². The number of carboxylic acids is 1. The van der Waals surface area contributed by atoms with Crippen LogP contribution in [-0.2, 0) is 0 Å². The van der Waals surface area contributed by atoms with E-state index in [4.69, 9.17) is 5.11 Å². The predicted molar refractivity (Wildman–Crippen MR) is 54.6 cm³/mol. The van der Waals surface area contributed by atoms with Crippen LogP contribution in [0.1, 0.15) is 16.3 Å². The lowest BCUT2D eigenvalue weighted by molar-refractivity contribution is 0.0682. The Bertz CT molecular complexity index is 519. The van der Waals surface area contributed by atoms with Crippen molar-refractivity contribution in [3.8, 4) is 0 Å². The molecule has 72 valence electrons. The smallest absolute Gasteiger partial charge is 0.372 e. The van der Waals surface area contributed by atoms with Crippen LogP contribution in [0, 0.1) is 6.92 Å².